The van der Waals surface area contributed by atoms with Gasteiger partial charge in [-0.3, -0.25) is 14.3 Å². The Hall–Kier alpha value is -3.70. The van der Waals surface area contributed by atoms with Crippen LogP contribution in [0.25, 0.3) is 0 Å². The molecule has 4 rings (SSSR count). The number of carbonyl (C=O) groups is 2. The van der Waals surface area contributed by atoms with Crippen molar-refractivity contribution in [2.75, 3.05) is 4.90 Å². The molecular formula is C21H12F7N3O2. The SMILES string of the molecule is Cc1cc(Cn2nc(C(F)(F)F)cc2C(F)(F)F)ccc1N1C(=O)c2cccc(F)c2C1=O. The summed E-state index contributed by atoms with van der Waals surface area (Å²) in [5.74, 6) is -2.54. The van der Waals surface area contributed by atoms with Gasteiger partial charge in [0.15, 0.2) is 5.69 Å². The molecule has 0 radical (unpaired) electrons. The normalized spacial score (nSPS) is 14.2. The summed E-state index contributed by atoms with van der Waals surface area (Å²) in [4.78, 5) is 26.0. The van der Waals surface area contributed by atoms with Crippen LogP contribution in [0.3, 0.4) is 0 Å². The van der Waals surface area contributed by atoms with Crippen molar-refractivity contribution >= 4 is 17.5 Å². The standard InChI is InChI=1S/C21H12F7N3O2/c1-10-7-11(9-30-16(21(26,27)28)8-15(29-30)20(23,24)25)5-6-14(10)31-18(32)12-3-2-4-13(22)17(12)19(31)33/h2-8H,9H2,1H3. The van der Waals surface area contributed by atoms with Gasteiger partial charge in [-0.2, -0.15) is 31.4 Å². The van der Waals surface area contributed by atoms with Gasteiger partial charge < -0.3 is 0 Å². The molecule has 1 aliphatic rings. The number of imide groups is 1. The number of alkyl halides is 6. The van der Waals surface area contributed by atoms with Crippen molar-refractivity contribution < 1.29 is 40.3 Å². The molecule has 0 fully saturated rings. The monoisotopic (exact) mass is 471 g/mol. The van der Waals surface area contributed by atoms with Crippen LogP contribution in [0.5, 0.6) is 0 Å². The highest BCUT2D eigenvalue weighted by Crippen LogP contribution is 2.36. The van der Waals surface area contributed by atoms with Gasteiger partial charge in [0.05, 0.1) is 23.4 Å². The second-order valence-corrected chi connectivity index (χ2v) is 7.30. The zero-order valence-electron chi connectivity index (χ0n) is 16.6. The summed E-state index contributed by atoms with van der Waals surface area (Å²) in [6.45, 7) is 0.802. The predicted molar refractivity (Wildman–Crippen MR) is 100 cm³/mol. The lowest BCUT2D eigenvalue weighted by molar-refractivity contribution is -0.144. The van der Waals surface area contributed by atoms with Gasteiger partial charge in [-0.1, -0.05) is 18.2 Å². The maximum atomic E-state index is 14.0. The van der Waals surface area contributed by atoms with E-state index in [0.29, 0.717) is 0 Å². The van der Waals surface area contributed by atoms with Gasteiger partial charge in [0, 0.05) is 6.07 Å². The van der Waals surface area contributed by atoms with Gasteiger partial charge in [0.25, 0.3) is 11.8 Å². The molecule has 2 aromatic carbocycles. The lowest BCUT2D eigenvalue weighted by Gasteiger charge is -2.18. The maximum Gasteiger partial charge on any atom is 0.435 e. The van der Waals surface area contributed by atoms with Gasteiger partial charge in [0.1, 0.15) is 11.5 Å². The summed E-state index contributed by atoms with van der Waals surface area (Å²) < 4.78 is 92.5. The first-order valence-corrected chi connectivity index (χ1v) is 9.28. The molecule has 1 aliphatic heterocycles. The van der Waals surface area contributed by atoms with Gasteiger partial charge in [-0.25, -0.2) is 9.29 Å². The molecule has 0 saturated carbocycles. The van der Waals surface area contributed by atoms with Crippen molar-refractivity contribution in [2.45, 2.75) is 25.8 Å². The third-order valence-corrected chi connectivity index (χ3v) is 5.06. The molecule has 0 aliphatic carbocycles. The molecule has 0 spiro atoms. The van der Waals surface area contributed by atoms with Crippen molar-refractivity contribution in [1.82, 2.24) is 9.78 Å². The molecule has 2 amide bonds. The van der Waals surface area contributed by atoms with Crippen molar-refractivity contribution in [2.24, 2.45) is 0 Å². The van der Waals surface area contributed by atoms with Gasteiger partial charge >= 0.3 is 12.4 Å². The Kier molecular flexibility index (Phi) is 5.06. The Morgan fingerprint density at radius 3 is 2.18 bits per heavy atom. The Morgan fingerprint density at radius 2 is 1.61 bits per heavy atom. The van der Waals surface area contributed by atoms with E-state index in [9.17, 15) is 40.3 Å². The number of benzene rings is 2. The highest BCUT2D eigenvalue weighted by atomic mass is 19.4. The lowest BCUT2D eigenvalue weighted by atomic mass is 10.1. The highest BCUT2D eigenvalue weighted by Gasteiger charge is 2.42. The van der Waals surface area contributed by atoms with E-state index in [1.165, 1.54) is 37.3 Å². The van der Waals surface area contributed by atoms with Gasteiger partial charge in [-0.05, 0) is 36.2 Å². The van der Waals surface area contributed by atoms with Crippen LogP contribution in [0.2, 0.25) is 0 Å². The van der Waals surface area contributed by atoms with Crippen LogP contribution in [0, 0.1) is 12.7 Å². The van der Waals surface area contributed by atoms with Crippen LogP contribution in [0.4, 0.5) is 36.4 Å². The van der Waals surface area contributed by atoms with Crippen LogP contribution in [-0.2, 0) is 18.9 Å². The van der Waals surface area contributed by atoms with Crippen LogP contribution in [0.15, 0.2) is 42.5 Å². The maximum absolute atomic E-state index is 14.0. The molecule has 33 heavy (non-hydrogen) atoms. The first-order valence-electron chi connectivity index (χ1n) is 9.28. The number of fused-ring (bicyclic) bond motifs is 1. The summed E-state index contributed by atoms with van der Waals surface area (Å²) in [6, 6.07) is 7.33. The average Bonchev–Trinajstić information content (AvgIpc) is 3.23. The molecule has 0 saturated heterocycles. The zero-order valence-corrected chi connectivity index (χ0v) is 16.6. The minimum absolute atomic E-state index is 0.0665. The third-order valence-electron chi connectivity index (χ3n) is 5.06. The van der Waals surface area contributed by atoms with E-state index in [2.05, 4.69) is 5.10 Å². The number of anilines is 1. The Bertz CT molecular complexity index is 1290. The Labute approximate surface area is 181 Å². The smallest absolute Gasteiger partial charge is 0.268 e. The van der Waals surface area contributed by atoms with E-state index in [1.54, 1.807) is 0 Å². The highest BCUT2D eigenvalue weighted by molar-refractivity contribution is 6.34. The molecule has 12 heteroatoms. The lowest BCUT2D eigenvalue weighted by Crippen LogP contribution is -2.30. The summed E-state index contributed by atoms with van der Waals surface area (Å²) in [5.41, 5.74) is -3.31. The second kappa shape index (κ2) is 7.42. The minimum atomic E-state index is -5.07. The van der Waals surface area contributed by atoms with Crippen LogP contribution in [-0.4, -0.2) is 21.6 Å². The van der Waals surface area contributed by atoms with E-state index < -0.39 is 53.5 Å². The van der Waals surface area contributed by atoms with E-state index in [4.69, 9.17) is 0 Å². The van der Waals surface area contributed by atoms with Crippen molar-refractivity contribution in [3.8, 4) is 0 Å². The fourth-order valence-electron chi connectivity index (χ4n) is 3.61. The number of amides is 2. The second-order valence-electron chi connectivity index (χ2n) is 7.30. The van der Waals surface area contributed by atoms with Crippen molar-refractivity contribution in [3.05, 3.63) is 81.9 Å². The van der Waals surface area contributed by atoms with Crippen molar-refractivity contribution in [1.29, 1.82) is 0 Å². The average molecular weight is 471 g/mol. The summed E-state index contributed by atoms with van der Waals surface area (Å²) in [6.07, 6.45) is -10.1. The summed E-state index contributed by atoms with van der Waals surface area (Å²) in [5, 5.41) is 3.05. The first kappa shape index (κ1) is 22.5. The zero-order chi connectivity index (χ0) is 24.3. The Balaban J connectivity index is 1.68. The van der Waals surface area contributed by atoms with E-state index in [1.807, 2.05) is 0 Å². The number of rotatable bonds is 3. The van der Waals surface area contributed by atoms with Crippen LogP contribution in [0.1, 0.15) is 43.2 Å². The molecule has 1 aromatic heterocycles. The Morgan fingerprint density at radius 1 is 0.909 bits per heavy atom. The van der Waals surface area contributed by atoms with E-state index in [-0.39, 0.29) is 33.1 Å². The number of aryl methyl sites for hydroxylation is 1. The number of nitrogens with zero attached hydrogens (tertiary/aromatic N) is 3. The van der Waals surface area contributed by atoms with Crippen LogP contribution >= 0.6 is 0 Å². The van der Waals surface area contributed by atoms with Crippen LogP contribution < -0.4 is 4.90 Å². The van der Waals surface area contributed by atoms with Crippen molar-refractivity contribution in [3.63, 3.8) is 0 Å². The third kappa shape index (κ3) is 3.85. The molecular weight excluding hydrogens is 459 g/mol. The molecule has 2 heterocycles. The fourth-order valence-corrected chi connectivity index (χ4v) is 3.61. The molecule has 5 nitrogen and oxygen atoms in total. The number of carbonyl (C=O) groups excluding carboxylic acids is 2. The number of hydrogen-bond donors (Lipinski definition) is 0. The first-order chi connectivity index (χ1) is 15.3. The van der Waals surface area contributed by atoms with Gasteiger partial charge in [-0.15, -0.1) is 0 Å². The minimum Gasteiger partial charge on any atom is -0.268 e. The molecule has 3 aromatic rings. The molecule has 0 unspecified atom stereocenters. The summed E-state index contributed by atoms with van der Waals surface area (Å²) in [7, 11) is 0. The molecule has 0 atom stereocenters. The summed E-state index contributed by atoms with van der Waals surface area (Å²) >= 11 is 0. The van der Waals surface area contributed by atoms with E-state index in [0.717, 1.165) is 11.0 Å². The number of aromatic nitrogens is 2. The van der Waals surface area contributed by atoms with Gasteiger partial charge in [0.2, 0.25) is 0 Å². The topological polar surface area (TPSA) is 55.2 Å². The van der Waals surface area contributed by atoms with E-state index >= 15 is 0 Å². The number of hydrogen-bond acceptors (Lipinski definition) is 3. The molecule has 0 bridgehead atoms. The molecule has 0 N–H and O–H groups in total. The number of halogens is 7. The predicted octanol–water partition coefficient (Wildman–Crippen LogP) is 5.22. The molecule has 172 valence electrons. The quantitative estimate of drug-likeness (QED) is 0.389. The fraction of sp³-hybridized carbons (Fsp3) is 0.190. The largest absolute Gasteiger partial charge is 0.435 e.